The molecule has 2 aliphatic rings. The zero-order valence-corrected chi connectivity index (χ0v) is 15.6. The van der Waals surface area contributed by atoms with Gasteiger partial charge in [-0.3, -0.25) is 4.79 Å². The number of likely N-dealkylation sites (tertiary alicyclic amines) is 1. The summed E-state index contributed by atoms with van der Waals surface area (Å²) < 4.78 is 5.66. The summed E-state index contributed by atoms with van der Waals surface area (Å²) in [6.45, 7) is 8.52. The standard InChI is InChI=1S/C20H28N2O3/c1-5-20-9-6-10-22(18(24)25-19(2,3)4)16(20)15-11-13(17(21)23)7-8-14(15)12-20/h7-8,11,16H,5-6,9-10,12H2,1-4H3,(H2,21,23)/t16-,20+/m0/s1. The number of ether oxygens (including phenoxy) is 1. The Morgan fingerprint density at radius 2 is 2.08 bits per heavy atom. The van der Waals surface area contributed by atoms with Crippen LogP contribution in [0.4, 0.5) is 4.79 Å². The van der Waals surface area contributed by atoms with Crippen LogP contribution in [0, 0.1) is 5.41 Å². The van der Waals surface area contributed by atoms with E-state index in [1.807, 2.05) is 37.8 Å². The molecule has 3 rings (SSSR count). The van der Waals surface area contributed by atoms with E-state index >= 15 is 0 Å². The molecule has 2 atom stereocenters. The van der Waals surface area contributed by atoms with Crippen LogP contribution in [0.1, 0.15) is 74.5 Å². The van der Waals surface area contributed by atoms with Crippen molar-refractivity contribution in [1.29, 1.82) is 0 Å². The molecule has 136 valence electrons. The van der Waals surface area contributed by atoms with Gasteiger partial charge in [0.1, 0.15) is 5.60 Å². The molecule has 0 radical (unpaired) electrons. The molecule has 5 nitrogen and oxygen atoms in total. The van der Waals surface area contributed by atoms with Gasteiger partial charge in [0.25, 0.3) is 0 Å². The molecule has 0 saturated carbocycles. The minimum absolute atomic E-state index is 0.0216. The van der Waals surface area contributed by atoms with Crippen molar-refractivity contribution in [3.8, 4) is 0 Å². The third-order valence-corrected chi connectivity index (χ3v) is 5.57. The van der Waals surface area contributed by atoms with Crippen LogP contribution in [-0.4, -0.2) is 29.0 Å². The van der Waals surface area contributed by atoms with Crippen molar-refractivity contribution in [2.45, 2.75) is 65.0 Å². The van der Waals surface area contributed by atoms with Crippen molar-refractivity contribution < 1.29 is 14.3 Å². The van der Waals surface area contributed by atoms with E-state index in [1.54, 1.807) is 6.07 Å². The van der Waals surface area contributed by atoms with E-state index < -0.39 is 11.5 Å². The Labute approximate surface area is 149 Å². The summed E-state index contributed by atoms with van der Waals surface area (Å²) in [7, 11) is 0. The molecule has 1 heterocycles. The van der Waals surface area contributed by atoms with Gasteiger partial charge < -0.3 is 15.4 Å². The van der Waals surface area contributed by atoms with Gasteiger partial charge in [0.2, 0.25) is 5.91 Å². The van der Waals surface area contributed by atoms with Crippen molar-refractivity contribution in [2.24, 2.45) is 11.1 Å². The Hall–Kier alpha value is -2.04. The van der Waals surface area contributed by atoms with Crippen LogP contribution in [0.25, 0.3) is 0 Å². The fraction of sp³-hybridized carbons (Fsp3) is 0.600. The molecule has 5 heteroatoms. The quantitative estimate of drug-likeness (QED) is 0.886. The largest absolute Gasteiger partial charge is 0.444 e. The van der Waals surface area contributed by atoms with Gasteiger partial charge in [0.05, 0.1) is 6.04 Å². The topological polar surface area (TPSA) is 72.6 Å². The molecule has 1 aromatic carbocycles. The number of rotatable bonds is 2. The number of hydrogen-bond donors (Lipinski definition) is 1. The molecule has 0 aromatic heterocycles. The number of benzene rings is 1. The summed E-state index contributed by atoms with van der Waals surface area (Å²) in [5.41, 5.74) is 7.74. The minimum atomic E-state index is -0.528. The second kappa shape index (κ2) is 6.04. The van der Waals surface area contributed by atoms with Crippen LogP contribution in [0.2, 0.25) is 0 Å². The highest BCUT2D eigenvalue weighted by Crippen LogP contribution is 2.56. The number of nitrogens with zero attached hydrogens (tertiary/aromatic N) is 1. The van der Waals surface area contributed by atoms with Crippen molar-refractivity contribution in [3.63, 3.8) is 0 Å². The maximum atomic E-state index is 12.9. The van der Waals surface area contributed by atoms with Crippen molar-refractivity contribution in [1.82, 2.24) is 4.90 Å². The van der Waals surface area contributed by atoms with Gasteiger partial charge in [-0.05, 0) is 75.1 Å². The van der Waals surface area contributed by atoms with Crippen LogP contribution in [0.5, 0.6) is 0 Å². The highest BCUT2D eigenvalue weighted by atomic mass is 16.6. The smallest absolute Gasteiger partial charge is 0.410 e. The minimum Gasteiger partial charge on any atom is -0.444 e. The van der Waals surface area contributed by atoms with Gasteiger partial charge in [-0.25, -0.2) is 4.79 Å². The fourth-order valence-electron chi connectivity index (χ4n) is 4.44. The number of hydrogen-bond acceptors (Lipinski definition) is 3. The Kier molecular flexibility index (Phi) is 4.30. The summed E-state index contributed by atoms with van der Waals surface area (Å²) >= 11 is 0. The van der Waals surface area contributed by atoms with Gasteiger partial charge in [0, 0.05) is 12.1 Å². The summed E-state index contributed by atoms with van der Waals surface area (Å²) in [6, 6.07) is 5.62. The maximum absolute atomic E-state index is 12.9. The lowest BCUT2D eigenvalue weighted by Gasteiger charge is -2.46. The summed E-state index contributed by atoms with van der Waals surface area (Å²) in [6.07, 6.45) is 3.69. The van der Waals surface area contributed by atoms with E-state index in [0.29, 0.717) is 12.1 Å². The van der Waals surface area contributed by atoms with Crippen LogP contribution in [-0.2, 0) is 11.2 Å². The second-order valence-electron chi connectivity index (χ2n) is 8.35. The average Bonchev–Trinajstić information content (AvgIpc) is 2.87. The van der Waals surface area contributed by atoms with Gasteiger partial charge in [-0.1, -0.05) is 13.0 Å². The molecular weight excluding hydrogens is 316 g/mol. The number of piperidine rings is 1. The third kappa shape index (κ3) is 3.12. The number of amides is 2. The van der Waals surface area contributed by atoms with Crippen LogP contribution >= 0.6 is 0 Å². The Morgan fingerprint density at radius 3 is 2.68 bits per heavy atom. The van der Waals surface area contributed by atoms with Crippen LogP contribution < -0.4 is 5.73 Å². The van der Waals surface area contributed by atoms with Gasteiger partial charge >= 0.3 is 6.09 Å². The molecule has 1 aliphatic heterocycles. The SMILES string of the molecule is CC[C@]12CCCN(C(=O)OC(C)(C)C)[C@H]1c1cc(C(N)=O)ccc1C2. The molecule has 2 N–H and O–H groups in total. The van der Waals surface area contributed by atoms with E-state index in [9.17, 15) is 9.59 Å². The van der Waals surface area contributed by atoms with E-state index in [0.717, 1.165) is 31.2 Å². The van der Waals surface area contributed by atoms with Gasteiger partial charge in [0.15, 0.2) is 0 Å². The molecule has 0 bridgehead atoms. The normalized spacial score (nSPS) is 25.3. The molecule has 0 spiro atoms. The zero-order valence-electron chi connectivity index (χ0n) is 15.6. The highest BCUT2D eigenvalue weighted by molar-refractivity contribution is 5.93. The maximum Gasteiger partial charge on any atom is 0.410 e. The monoisotopic (exact) mass is 344 g/mol. The van der Waals surface area contributed by atoms with Crippen LogP contribution in [0.15, 0.2) is 18.2 Å². The molecular formula is C20H28N2O3. The lowest BCUT2D eigenvalue weighted by atomic mass is 9.71. The summed E-state index contributed by atoms with van der Waals surface area (Å²) in [5.74, 6) is -0.434. The number of primary amides is 1. The second-order valence-corrected chi connectivity index (χ2v) is 8.35. The van der Waals surface area contributed by atoms with E-state index in [1.165, 1.54) is 5.56 Å². The first-order valence-electron chi connectivity index (χ1n) is 9.09. The molecule has 1 aliphatic carbocycles. The average molecular weight is 344 g/mol. The first-order chi connectivity index (χ1) is 11.7. The molecule has 2 amide bonds. The predicted molar refractivity (Wildman–Crippen MR) is 96.3 cm³/mol. The number of carbonyl (C=O) groups is 2. The lowest BCUT2D eigenvalue weighted by molar-refractivity contribution is -0.0213. The first kappa shape index (κ1) is 17.8. The lowest BCUT2D eigenvalue weighted by Crippen LogP contribution is -2.48. The zero-order chi connectivity index (χ0) is 18.4. The number of carbonyl (C=O) groups excluding carboxylic acids is 2. The molecule has 1 fully saturated rings. The molecule has 1 aromatic rings. The van der Waals surface area contributed by atoms with E-state index in [-0.39, 0.29) is 17.6 Å². The van der Waals surface area contributed by atoms with Crippen molar-refractivity contribution in [2.75, 3.05) is 6.54 Å². The van der Waals surface area contributed by atoms with Gasteiger partial charge in [-0.2, -0.15) is 0 Å². The summed E-state index contributed by atoms with van der Waals surface area (Å²) in [4.78, 5) is 26.4. The van der Waals surface area contributed by atoms with E-state index in [2.05, 4.69) is 6.92 Å². The Bertz CT molecular complexity index is 707. The van der Waals surface area contributed by atoms with Crippen molar-refractivity contribution in [3.05, 3.63) is 34.9 Å². The van der Waals surface area contributed by atoms with E-state index in [4.69, 9.17) is 10.5 Å². The molecule has 1 saturated heterocycles. The molecule has 25 heavy (non-hydrogen) atoms. The predicted octanol–water partition coefficient (Wildman–Crippen LogP) is 3.81. The Morgan fingerprint density at radius 1 is 1.36 bits per heavy atom. The highest BCUT2D eigenvalue weighted by Gasteiger charge is 2.51. The first-order valence-corrected chi connectivity index (χ1v) is 9.09. The molecule has 0 unspecified atom stereocenters. The third-order valence-electron chi connectivity index (χ3n) is 5.57. The summed E-state index contributed by atoms with van der Waals surface area (Å²) in [5, 5.41) is 0. The van der Waals surface area contributed by atoms with Gasteiger partial charge in [-0.15, -0.1) is 0 Å². The van der Waals surface area contributed by atoms with Crippen LogP contribution in [0.3, 0.4) is 0 Å². The fourth-order valence-corrected chi connectivity index (χ4v) is 4.44. The van der Waals surface area contributed by atoms with Crippen molar-refractivity contribution >= 4 is 12.0 Å². The number of fused-ring (bicyclic) bond motifs is 3. The number of nitrogens with two attached hydrogens (primary N) is 1. The Balaban J connectivity index is 2.03.